The Balaban J connectivity index is 0.000000833. The summed E-state index contributed by atoms with van der Waals surface area (Å²) in [5, 5.41) is 10.3. The van der Waals surface area contributed by atoms with Gasteiger partial charge in [0, 0.05) is 31.2 Å². The highest BCUT2D eigenvalue weighted by Crippen LogP contribution is 2.37. The Kier molecular flexibility index (Phi) is 29.2. The first-order chi connectivity index (χ1) is 27.5. The summed E-state index contributed by atoms with van der Waals surface area (Å²) in [6, 6.07) is 10.7. The van der Waals surface area contributed by atoms with Gasteiger partial charge >= 0.3 is 6.18 Å². The number of aliphatic hydroxyl groups excluding tert-OH is 1. The molecule has 0 aromatic heterocycles. The molecular formula is C47H82F3N5O3. The molecule has 5 N–H and O–H groups in total. The van der Waals surface area contributed by atoms with Crippen LogP contribution in [0.3, 0.4) is 0 Å². The van der Waals surface area contributed by atoms with Crippen LogP contribution in [-0.4, -0.2) is 72.6 Å². The van der Waals surface area contributed by atoms with E-state index in [2.05, 4.69) is 52.6 Å². The molecule has 2 atom stereocenters. The molecule has 8 nitrogen and oxygen atoms in total. The van der Waals surface area contributed by atoms with E-state index in [9.17, 15) is 27.9 Å². The van der Waals surface area contributed by atoms with Crippen LogP contribution in [0.4, 0.5) is 30.2 Å². The monoisotopic (exact) mass is 822 g/mol. The number of anilines is 3. The van der Waals surface area contributed by atoms with E-state index in [4.69, 9.17) is 11.5 Å². The predicted octanol–water partition coefficient (Wildman–Crippen LogP) is 11.6. The van der Waals surface area contributed by atoms with Gasteiger partial charge in [-0.3, -0.25) is 9.69 Å². The zero-order chi connectivity index (χ0) is 44.3. The number of rotatable bonds is 9. The van der Waals surface area contributed by atoms with Crippen LogP contribution in [0.25, 0.3) is 0 Å². The van der Waals surface area contributed by atoms with Crippen LogP contribution < -0.4 is 16.4 Å². The molecule has 2 saturated heterocycles. The van der Waals surface area contributed by atoms with Gasteiger partial charge in [0.2, 0.25) is 6.41 Å². The summed E-state index contributed by atoms with van der Waals surface area (Å²) in [5.74, 6) is 1.55. The first kappa shape index (κ1) is 54.9. The maximum Gasteiger partial charge on any atom is 0.418 e. The molecule has 2 aromatic carbocycles. The highest BCUT2D eigenvalue weighted by Gasteiger charge is 2.34. The number of likely N-dealkylation sites (tertiary alicyclic amines) is 2. The van der Waals surface area contributed by atoms with Gasteiger partial charge in [0.05, 0.1) is 16.9 Å². The minimum Gasteiger partial charge on any atom is -0.397 e. The third-order valence-corrected chi connectivity index (χ3v) is 10.7. The van der Waals surface area contributed by atoms with E-state index in [1.807, 2.05) is 41.8 Å². The lowest BCUT2D eigenvalue weighted by Crippen LogP contribution is -2.48. The van der Waals surface area contributed by atoms with Crippen LogP contribution in [0.5, 0.6) is 0 Å². The van der Waals surface area contributed by atoms with Gasteiger partial charge in [-0.1, -0.05) is 112 Å². The summed E-state index contributed by atoms with van der Waals surface area (Å²) in [6.45, 7) is 22.2. The first-order valence-electron chi connectivity index (χ1n) is 22.2. The number of nitrogens with zero attached hydrogens (tertiary/aromatic N) is 3. The van der Waals surface area contributed by atoms with Crippen LogP contribution in [-0.2, 0) is 15.8 Å². The Labute approximate surface area is 351 Å². The van der Waals surface area contributed by atoms with Crippen LogP contribution >= 0.6 is 0 Å². The molecule has 11 heteroatoms. The topological polar surface area (TPSA) is 116 Å². The molecule has 3 fully saturated rings. The number of benzene rings is 2. The van der Waals surface area contributed by atoms with E-state index in [0.717, 1.165) is 56.4 Å². The number of nitrogens with two attached hydrogens (primary N) is 2. The molecule has 2 heterocycles. The number of hydrogen-bond acceptors (Lipinski definition) is 7. The number of hydrogen-bond donors (Lipinski definition) is 3. The predicted molar refractivity (Wildman–Crippen MR) is 240 cm³/mol. The number of nitrogen functional groups attached to an aromatic ring is 2. The van der Waals surface area contributed by atoms with Gasteiger partial charge in [0.15, 0.2) is 0 Å². The molecule has 2 unspecified atom stereocenters. The largest absolute Gasteiger partial charge is 0.418 e. The summed E-state index contributed by atoms with van der Waals surface area (Å²) >= 11 is 0. The van der Waals surface area contributed by atoms with Gasteiger partial charge in [-0.15, -0.1) is 0 Å². The van der Waals surface area contributed by atoms with Gasteiger partial charge in [-0.2, -0.15) is 13.2 Å². The van der Waals surface area contributed by atoms with Gasteiger partial charge in [-0.05, 0) is 114 Å². The number of aliphatic hydroxyl groups is 1. The van der Waals surface area contributed by atoms with Crippen molar-refractivity contribution in [3.05, 3.63) is 53.1 Å². The zero-order valence-corrected chi connectivity index (χ0v) is 38.0. The second-order valence-corrected chi connectivity index (χ2v) is 16.0. The molecule has 0 radical (unpaired) electrons. The molecule has 0 spiro atoms. The molecule has 3 aliphatic rings. The van der Waals surface area contributed by atoms with Crippen LogP contribution in [0.2, 0.25) is 0 Å². The fourth-order valence-electron chi connectivity index (χ4n) is 7.09. The fraction of sp³-hybridized carbons (Fsp3) is 0.702. The minimum absolute atomic E-state index is 0.0349. The van der Waals surface area contributed by atoms with E-state index in [1.165, 1.54) is 89.4 Å². The molecule has 1 saturated carbocycles. The lowest BCUT2D eigenvalue weighted by Gasteiger charge is -2.39. The lowest BCUT2D eigenvalue weighted by atomic mass is 9.91. The number of carbonyl (C=O) groups is 2. The average molecular weight is 822 g/mol. The normalized spacial score (nSPS) is 17.3. The molecule has 5 rings (SSSR count). The Morgan fingerprint density at radius 2 is 1.47 bits per heavy atom. The number of aryl methyl sites for hydroxylation is 1. The Hall–Kier alpha value is -3.15. The molecule has 2 aromatic rings. The average Bonchev–Trinajstić information content (AvgIpc) is 3.21. The molecule has 2 aliphatic heterocycles. The number of carbonyl (C=O) groups excluding carboxylic acids is 2. The van der Waals surface area contributed by atoms with Crippen LogP contribution in [0, 0.1) is 12.8 Å². The maximum atomic E-state index is 12.3. The molecule has 334 valence electrons. The number of halogens is 3. The molecule has 58 heavy (non-hydrogen) atoms. The molecule has 0 bridgehead atoms. The summed E-state index contributed by atoms with van der Waals surface area (Å²) in [4.78, 5) is 29.3. The van der Waals surface area contributed by atoms with Crippen molar-refractivity contribution in [1.29, 1.82) is 0 Å². The number of Topliss-reactive ketones (excluding diaryl/α,β-unsaturated/α-hetero) is 1. The maximum absolute atomic E-state index is 12.3. The summed E-state index contributed by atoms with van der Waals surface area (Å²) in [5.41, 5.74) is 11.8. The van der Waals surface area contributed by atoms with Crippen molar-refractivity contribution >= 4 is 29.3 Å². The van der Waals surface area contributed by atoms with Crippen molar-refractivity contribution < 1.29 is 27.9 Å². The highest BCUT2D eigenvalue weighted by molar-refractivity contribution is 5.78. The van der Waals surface area contributed by atoms with Gasteiger partial charge in [0.25, 0.3) is 0 Å². The summed E-state index contributed by atoms with van der Waals surface area (Å²) in [6.07, 6.45) is 12.5. The second-order valence-electron chi connectivity index (χ2n) is 16.0. The fourth-order valence-corrected chi connectivity index (χ4v) is 7.09. The SMILES string of the molecule is CC.CC1CCCCC1.CCC.CCC(C)c1ccccc1N(C=O)C1CCN(C(O)CCC(C)=O)CC1.CN1CCCCC1.Cc1cc(N)c(N)c(C(F)(F)F)c1. The van der Waals surface area contributed by atoms with E-state index < -0.39 is 23.7 Å². The van der Waals surface area contributed by atoms with Crippen LogP contribution in [0.15, 0.2) is 36.4 Å². The minimum atomic E-state index is -4.44. The number of ketones is 1. The van der Waals surface area contributed by atoms with Gasteiger partial charge in [-0.25, -0.2) is 0 Å². The van der Waals surface area contributed by atoms with E-state index >= 15 is 0 Å². The molecular weight excluding hydrogens is 740 g/mol. The third kappa shape index (κ3) is 21.7. The van der Waals surface area contributed by atoms with Crippen molar-refractivity contribution in [1.82, 2.24) is 9.80 Å². The van der Waals surface area contributed by atoms with Crippen molar-refractivity contribution in [3.8, 4) is 0 Å². The smallest absolute Gasteiger partial charge is 0.397 e. The van der Waals surface area contributed by atoms with Gasteiger partial charge < -0.3 is 31.2 Å². The molecule has 1 aliphatic carbocycles. The van der Waals surface area contributed by atoms with Crippen molar-refractivity contribution in [2.45, 2.75) is 177 Å². The standard InChI is InChI=1S/C21H32N2O3.C8H9F3N2.C7H14.C6H13N.C3H8.C2H6/c1-4-16(2)19-7-5-6-8-20(19)23(15-24)18-11-13-22(14-12-18)21(26)10-9-17(3)25;1-4-2-5(8(9,10)11)7(13)6(12)3-4;2*1-7-5-3-2-4-6-7;1-3-2;1-2/h5-8,15-16,18,21,26H,4,9-14H2,1-3H3;2-3H,12-13H2,1H3;7H,2-6H2,1H3;2-6H2,1H3;3H2,1-2H3;1-2H3. The highest BCUT2D eigenvalue weighted by atomic mass is 19.4. The number of piperidine rings is 2. The quantitative estimate of drug-likeness (QED) is 0.170. The Morgan fingerprint density at radius 3 is 1.90 bits per heavy atom. The number of alkyl halides is 3. The van der Waals surface area contributed by atoms with Crippen molar-refractivity contribution in [2.75, 3.05) is 49.6 Å². The van der Waals surface area contributed by atoms with E-state index in [0.29, 0.717) is 24.3 Å². The lowest BCUT2D eigenvalue weighted by molar-refractivity contribution is -0.137. The summed E-state index contributed by atoms with van der Waals surface area (Å²) < 4.78 is 36.8. The Bertz CT molecular complexity index is 1360. The van der Waals surface area contributed by atoms with E-state index in [1.54, 1.807) is 6.92 Å². The van der Waals surface area contributed by atoms with E-state index in [-0.39, 0.29) is 17.5 Å². The van der Waals surface area contributed by atoms with Gasteiger partial charge in [0.1, 0.15) is 12.0 Å². The third-order valence-electron chi connectivity index (χ3n) is 10.7. The number of para-hydroxylation sites is 1. The zero-order valence-electron chi connectivity index (χ0n) is 38.0. The van der Waals surface area contributed by atoms with Crippen molar-refractivity contribution in [2.24, 2.45) is 5.92 Å². The van der Waals surface area contributed by atoms with Crippen molar-refractivity contribution in [3.63, 3.8) is 0 Å². The second kappa shape index (κ2) is 30.8. The summed E-state index contributed by atoms with van der Waals surface area (Å²) in [7, 11) is 2.19. The molecule has 1 amide bonds. The number of amides is 1. The Morgan fingerprint density at radius 1 is 0.931 bits per heavy atom. The first-order valence-corrected chi connectivity index (χ1v) is 22.2. The van der Waals surface area contributed by atoms with Crippen LogP contribution in [0.1, 0.15) is 168 Å².